The van der Waals surface area contributed by atoms with Gasteiger partial charge in [0.1, 0.15) is 5.69 Å². The first-order chi connectivity index (χ1) is 11.6. The zero-order valence-electron chi connectivity index (χ0n) is 13.1. The molecule has 2 aliphatic rings. The van der Waals surface area contributed by atoms with Gasteiger partial charge in [0.05, 0.1) is 23.5 Å². The molecular formula is C17H19ClN4O2. The molecule has 6 nitrogen and oxygen atoms in total. The van der Waals surface area contributed by atoms with Gasteiger partial charge in [-0.2, -0.15) is 0 Å². The minimum absolute atomic E-state index is 0.0393. The zero-order chi connectivity index (χ0) is 16.7. The highest BCUT2D eigenvalue weighted by Gasteiger charge is 2.43. The van der Waals surface area contributed by atoms with Crippen LogP contribution >= 0.6 is 11.6 Å². The van der Waals surface area contributed by atoms with E-state index in [9.17, 15) is 9.90 Å². The van der Waals surface area contributed by atoms with Crippen molar-refractivity contribution in [1.29, 1.82) is 0 Å². The number of carbonyl (C=O) groups excluding carboxylic acids is 1. The number of rotatable bonds is 2. The van der Waals surface area contributed by atoms with Gasteiger partial charge in [-0.1, -0.05) is 11.6 Å². The second-order valence-electron chi connectivity index (χ2n) is 6.71. The van der Waals surface area contributed by atoms with Crippen molar-refractivity contribution in [3.8, 4) is 0 Å². The van der Waals surface area contributed by atoms with Gasteiger partial charge in [0, 0.05) is 31.7 Å². The van der Waals surface area contributed by atoms with Crippen LogP contribution < -0.4 is 0 Å². The highest BCUT2D eigenvalue weighted by atomic mass is 35.5. The smallest absolute Gasteiger partial charge is 0.272 e. The van der Waals surface area contributed by atoms with E-state index in [1.165, 1.54) is 6.20 Å². The molecule has 0 aromatic carbocycles. The third kappa shape index (κ3) is 2.80. The number of aliphatic hydroxyl groups is 1. The number of hydrogen-bond donors (Lipinski definition) is 1. The highest BCUT2D eigenvalue weighted by Crippen LogP contribution is 2.41. The molecule has 0 unspecified atom stereocenters. The molecule has 0 bridgehead atoms. The van der Waals surface area contributed by atoms with Crippen molar-refractivity contribution in [1.82, 2.24) is 19.4 Å². The Morgan fingerprint density at radius 3 is 2.71 bits per heavy atom. The summed E-state index contributed by atoms with van der Waals surface area (Å²) in [7, 11) is 0. The lowest BCUT2D eigenvalue weighted by Crippen LogP contribution is -2.35. The molecule has 4 rings (SSSR count). The molecule has 0 radical (unpaired) electrons. The topological polar surface area (TPSA) is 71.2 Å². The summed E-state index contributed by atoms with van der Waals surface area (Å²) < 4.78 is 1.98. The van der Waals surface area contributed by atoms with E-state index in [2.05, 4.69) is 9.97 Å². The van der Waals surface area contributed by atoms with Crippen LogP contribution in [-0.4, -0.2) is 49.6 Å². The summed E-state index contributed by atoms with van der Waals surface area (Å²) in [5.41, 5.74) is 0.421. The summed E-state index contributed by atoms with van der Waals surface area (Å²) in [6.07, 6.45) is 8.05. The van der Waals surface area contributed by atoms with Gasteiger partial charge in [-0.15, -0.1) is 0 Å². The third-order valence-electron chi connectivity index (χ3n) is 5.25. The molecule has 24 heavy (non-hydrogen) atoms. The largest absolute Gasteiger partial charge is 0.391 e. The van der Waals surface area contributed by atoms with E-state index in [-0.39, 0.29) is 11.9 Å². The lowest BCUT2D eigenvalue weighted by molar-refractivity contribution is 0.0357. The van der Waals surface area contributed by atoms with E-state index in [1.54, 1.807) is 24.7 Å². The van der Waals surface area contributed by atoms with Gasteiger partial charge in [-0.25, -0.2) is 9.97 Å². The van der Waals surface area contributed by atoms with E-state index in [0.29, 0.717) is 42.1 Å². The van der Waals surface area contributed by atoms with Crippen LogP contribution in [0.2, 0.25) is 5.02 Å². The fraction of sp³-hybridized carbons (Fsp3) is 0.471. The van der Waals surface area contributed by atoms with E-state index in [4.69, 9.17) is 11.6 Å². The molecule has 1 aliphatic heterocycles. The van der Waals surface area contributed by atoms with Gasteiger partial charge >= 0.3 is 0 Å². The minimum Gasteiger partial charge on any atom is -0.391 e. The molecule has 2 aromatic rings. The van der Waals surface area contributed by atoms with Crippen molar-refractivity contribution in [3.63, 3.8) is 0 Å². The molecule has 7 heteroatoms. The minimum atomic E-state index is -0.399. The van der Waals surface area contributed by atoms with Crippen LogP contribution in [0.5, 0.6) is 0 Å². The summed E-state index contributed by atoms with van der Waals surface area (Å²) in [5.74, 6) is 0.683. The van der Waals surface area contributed by atoms with Gasteiger partial charge in [0.2, 0.25) is 0 Å². The van der Waals surface area contributed by atoms with Crippen LogP contribution in [-0.2, 0) is 0 Å². The lowest BCUT2D eigenvalue weighted by Gasteiger charge is -2.35. The van der Waals surface area contributed by atoms with E-state index < -0.39 is 6.10 Å². The average molecular weight is 347 g/mol. The maximum Gasteiger partial charge on any atom is 0.272 e. The number of aromatic nitrogens is 3. The lowest BCUT2D eigenvalue weighted by atomic mass is 9.77. The Morgan fingerprint density at radius 2 is 2.04 bits per heavy atom. The van der Waals surface area contributed by atoms with E-state index in [1.807, 2.05) is 15.7 Å². The molecule has 1 N–H and O–H groups in total. The number of halogens is 1. The second-order valence-corrected chi connectivity index (χ2v) is 7.14. The van der Waals surface area contributed by atoms with Crippen LogP contribution in [0, 0.1) is 11.8 Å². The summed E-state index contributed by atoms with van der Waals surface area (Å²) in [6, 6.07) is 3.39. The number of hydrogen-bond acceptors (Lipinski definition) is 4. The maximum atomic E-state index is 12.6. The number of carbonyl (C=O) groups is 1. The quantitative estimate of drug-likeness (QED) is 0.903. The Kier molecular flexibility index (Phi) is 4.02. The molecular weight excluding hydrogens is 328 g/mol. The third-order valence-corrected chi connectivity index (χ3v) is 5.47. The summed E-state index contributed by atoms with van der Waals surface area (Å²) in [4.78, 5) is 22.7. The molecule has 1 saturated carbocycles. The fourth-order valence-corrected chi connectivity index (χ4v) is 4.14. The van der Waals surface area contributed by atoms with Gasteiger partial charge < -0.3 is 14.6 Å². The number of imidazole rings is 1. The summed E-state index contributed by atoms with van der Waals surface area (Å²) in [5, 5.41) is 11.0. The highest BCUT2D eigenvalue weighted by molar-refractivity contribution is 6.30. The fourth-order valence-electron chi connectivity index (χ4n) is 4.02. The van der Waals surface area contributed by atoms with Crippen LogP contribution in [0.3, 0.4) is 0 Å². The molecule has 1 aliphatic carbocycles. The van der Waals surface area contributed by atoms with E-state index >= 15 is 0 Å². The van der Waals surface area contributed by atoms with Crippen molar-refractivity contribution >= 4 is 17.5 Å². The van der Waals surface area contributed by atoms with E-state index in [0.717, 1.165) is 6.42 Å². The number of aliphatic hydroxyl groups excluding tert-OH is 1. The predicted octanol–water partition coefficient (Wildman–Crippen LogP) is 2.02. The molecule has 126 valence electrons. The van der Waals surface area contributed by atoms with Gasteiger partial charge in [0.15, 0.2) is 0 Å². The number of likely N-dealkylation sites (tertiary alicyclic amines) is 1. The van der Waals surface area contributed by atoms with Crippen LogP contribution in [0.1, 0.15) is 29.4 Å². The number of nitrogens with zero attached hydrogens (tertiary/aromatic N) is 4. The first-order valence-electron chi connectivity index (χ1n) is 8.18. The first kappa shape index (κ1) is 15.6. The van der Waals surface area contributed by atoms with Crippen molar-refractivity contribution < 1.29 is 9.90 Å². The molecule has 1 saturated heterocycles. The number of pyridine rings is 1. The van der Waals surface area contributed by atoms with Crippen LogP contribution in [0.15, 0.2) is 37.1 Å². The van der Waals surface area contributed by atoms with Gasteiger partial charge in [-0.05, 0) is 36.8 Å². The monoisotopic (exact) mass is 346 g/mol. The van der Waals surface area contributed by atoms with Crippen molar-refractivity contribution in [2.75, 3.05) is 13.1 Å². The molecule has 2 aromatic heterocycles. The Bertz CT molecular complexity index is 719. The SMILES string of the molecule is O=C(c1ccc(Cl)cn1)N1C[C@H]2C[C@@H](n3ccnc3)[C@H](O)C[C@H]2C1. The summed E-state index contributed by atoms with van der Waals surface area (Å²) in [6.45, 7) is 1.40. The summed E-state index contributed by atoms with van der Waals surface area (Å²) >= 11 is 5.83. The molecule has 3 heterocycles. The molecule has 1 amide bonds. The average Bonchev–Trinajstić information content (AvgIpc) is 3.23. The standard InChI is InChI=1S/C17H19ClN4O2/c18-13-1-2-14(20-7-13)17(24)22-8-11-5-15(21-4-3-19-10-21)16(23)6-12(11)9-22/h1-4,7,10-12,15-16,23H,5-6,8-9H2/t11-,12+,15-,16-/m1/s1. The van der Waals surface area contributed by atoms with Gasteiger partial charge in [-0.3, -0.25) is 4.79 Å². The first-order valence-corrected chi connectivity index (χ1v) is 8.56. The molecule has 2 fully saturated rings. The molecule has 4 atom stereocenters. The van der Waals surface area contributed by atoms with Crippen molar-refractivity contribution in [2.45, 2.75) is 25.0 Å². The Morgan fingerprint density at radius 1 is 1.25 bits per heavy atom. The van der Waals surface area contributed by atoms with Crippen molar-refractivity contribution in [3.05, 3.63) is 47.8 Å². The van der Waals surface area contributed by atoms with Crippen LogP contribution in [0.25, 0.3) is 0 Å². The normalized spacial score (nSPS) is 29.5. The Balaban J connectivity index is 1.47. The zero-order valence-corrected chi connectivity index (χ0v) is 13.9. The second kappa shape index (κ2) is 6.18. The van der Waals surface area contributed by atoms with Gasteiger partial charge in [0.25, 0.3) is 5.91 Å². The maximum absolute atomic E-state index is 12.6. The number of amides is 1. The van der Waals surface area contributed by atoms with Crippen molar-refractivity contribution in [2.24, 2.45) is 11.8 Å². The number of fused-ring (bicyclic) bond motifs is 1. The predicted molar refractivity (Wildman–Crippen MR) is 88.6 cm³/mol. The Hall–Kier alpha value is -1.92. The Labute approximate surface area is 145 Å². The van der Waals surface area contributed by atoms with Crippen LogP contribution in [0.4, 0.5) is 0 Å². The molecule has 0 spiro atoms.